The second-order valence-electron chi connectivity index (χ2n) is 9.25. The number of nitrogens with one attached hydrogen (secondary N) is 1. The van der Waals surface area contributed by atoms with Gasteiger partial charge in [0, 0.05) is 17.9 Å². The fourth-order valence-electron chi connectivity index (χ4n) is 4.99. The van der Waals surface area contributed by atoms with E-state index in [1.54, 1.807) is 30.3 Å². The fraction of sp³-hybridized carbons (Fsp3) is 0.385. The molecule has 8 heteroatoms. The fourth-order valence-corrected chi connectivity index (χ4v) is 9.61. The van der Waals surface area contributed by atoms with Gasteiger partial charge in [-0.05, 0) is 58.8 Å². The van der Waals surface area contributed by atoms with Crippen molar-refractivity contribution in [1.29, 1.82) is 0 Å². The molecule has 0 radical (unpaired) electrons. The molecule has 34 heavy (non-hydrogen) atoms. The predicted molar refractivity (Wildman–Crippen MR) is 138 cm³/mol. The minimum Gasteiger partial charge on any atom is -0.324 e. The Morgan fingerprint density at radius 3 is 2.29 bits per heavy atom. The number of anilines is 1. The van der Waals surface area contributed by atoms with Crippen molar-refractivity contribution in [2.75, 3.05) is 11.1 Å². The molecule has 0 saturated heterocycles. The maximum Gasteiger partial charge on any atom is 0.329 e. The number of benzene rings is 2. The highest BCUT2D eigenvalue weighted by molar-refractivity contribution is 8.47. The summed E-state index contributed by atoms with van der Waals surface area (Å²) in [5.41, 5.74) is 2.21. The number of carbonyl (C=O) groups excluding carboxylic acids is 2. The molecular formula is C26H32NO5PS. The molecular weight excluding hydrogens is 469 g/mol. The Morgan fingerprint density at radius 2 is 1.65 bits per heavy atom. The summed E-state index contributed by atoms with van der Waals surface area (Å²) in [7, 11) is -6.13. The molecule has 2 aromatic rings. The quantitative estimate of drug-likeness (QED) is 0.401. The highest BCUT2D eigenvalue weighted by Gasteiger charge is 2.42. The van der Waals surface area contributed by atoms with Gasteiger partial charge in [-0.15, -0.1) is 10.0 Å². The molecule has 182 valence electrons. The van der Waals surface area contributed by atoms with Crippen LogP contribution in [0.15, 0.2) is 65.6 Å². The van der Waals surface area contributed by atoms with Crippen LogP contribution in [0.4, 0.5) is 10.5 Å². The number of allylic oxidation sites excluding steroid dienone is 2. The molecule has 2 aromatic carbocycles. The van der Waals surface area contributed by atoms with E-state index in [0.717, 1.165) is 36.2 Å². The van der Waals surface area contributed by atoms with Crippen LogP contribution in [-0.4, -0.2) is 26.6 Å². The third kappa shape index (κ3) is 6.08. The smallest absolute Gasteiger partial charge is 0.324 e. The summed E-state index contributed by atoms with van der Waals surface area (Å²) in [5.74, 6) is 1.57. The van der Waals surface area contributed by atoms with Gasteiger partial charge in [-0.1, -0.05) is 61.7 Å². The Hall–Kier alpha value is -2.18. The number of rotatable bonds is 6. The first kappa shape index (κ1) is 24.9. The Morgan fingerprint density at radius 1 is 0.971 bits per heavy atom. The molecule has 3 N–H and O–H groups in total. The van der Waals surface area contributed by atoms with Crippen LogP contribution < -0.4 is 5.32 Å². The van der Waals surface area contributed by atoms with Crippen molar-refractivity contribution in [3.05, 3.63) is 76.7 Å². The molecule has 1 fully saturated rings. The van der Waals surface area contributed by atoms with E-state index in [0.29, 0.717) is 29.2 Å². The van der Waals surface area contributed by atoms with Crippen molar-refractivity contribution in [2.45, 2.75) is 50.4 Å². The van der Waals surface area contributed by atoms with Crippen molar-refractivity contribution in [3.63, 3.8) is 0 Å². The number of hydrogen-bond donors (Lipinski definition) is 3. The normalized spacial score (nSPS) is 23.6. The van der Waals surface area contributed by atoms with E-state index in [1.165, 1.54) is 6.42 Å². The molecule has 1 unspecified atom stereocenters. The highest BCUT2D eigenvalue weighted by Crippen LogP contribution is 2.64. The number of ketones is 1. The first-order valence-electron chi connectivity index (χ1n) is 11.8. The lowest BCUT2D eigenvalue weighted by Crippen LogP contribution is -2.32. The van der Waals surface area contributed by atoms with Crippen molar-refractivity contribution < 1.29 is 23.9 Å². The molecule has 0 spiro atoms. The molecule has 4 rings (SSSR count). The molecule has 1 saturated carbocycles. The van der Waals surface area contributed by atoms with Crippen molar-refractivity contribution in [3.8, 4) is 0 Å². The molecule has 2 aliphatic rings. The monoisotopic (exact) mass is 501 g/mol. The van der Waals surface area contributed by atoms with E-state index < -0.39 is 17.6 Å². The van der Waals surface area contributed by atoms with E-state index in [2.05, 4.69) is 5.32 Å². The highest BCUT2D eigenvalue weighted by atomic mass is 32.3. The van der Waals surface area contributed by atoms with Crippen LogP contribution in [0.25, 0.3) is 0 Å². The van der Waals surface area contributed by atoms with E-state index in [1.807, 2.05) is 30.3 Å². The zero-order valence-electron chi connectivity index (χ0n) is 19.2. The topological polar surface area (TPSA) is 104 Å². The molecule has 1 aliphatic heterocycles. The Labute approximate surface area is 202 Å². The van der Waals surface area contributed by atoms with Gasteiger partial charge in [-0.25, -0.2) is 0 Å². The minimum absolute atomic E-state index is 0.0385. The van der Waals surface area contributed by atoms with Gasteiger partial charge in [0.25, 0.3) is 5.24 Å². The molecule has 1 heterocycles. The number of amides is 1. The molecule has 6 nitrogen and oxygen atoms in total. The average molecular weight is 502 g/mol. The Balaban J connectivity index is 1.66. The van der Waals surface area contributed by atoms with Crippen LogP contribution in [0.3, 0.4) is 0 Å². The Kier molecular flexibility index (Phi) is 7.78. The lowest BCUT2D eigenvalue weighted by Gasteiger charge is -2.46. The van der Waals surface area contributed by atoms with Crippen LogP contribution in [0.2, 0.25) is 0 Å². The lowest BCUT2D eigenvalue weighted by molar-refractivity contribution is -0.114. The van der Waals surface area contributed by atoms with Gasteiger partial charge < -0.3 is 15.1 Å². The first-order chi connectivity index (χ1) is 16.2. The van der Waals surface area contributed by atoms with Crippen LogP contribution in [-0.2, 0) is 21.3 Å². The van der Waals surface area contributed by atoms with Crippen LogP contribution in [0, 0.1) is 5.92 Å². The van der Waals surface area contributed by atoms with Crippen LogP contribution in [0.5, 0.6) is 0 Å². The summed E-state index contributed by atoms with van der Waals surface area (Å²) < 4.78 is 11.3. The van der Waals surface area contributed by atoms with E-state index in [4.69, 9.17) is 0 Å². The molecule has 0 aromatic heterocycles. The first-order valence-corrected chi connectivity index (χ1v) is 15.5. The molecule has 0 bridgehead atoms. The second kappa shape index (κ2) is 10.6. The number of hydrogen-bond acceptors (Lipinski definition) is 3. The van der Waals surface area contributed by atoms with Crippen molar-refractivity contribution in [1.82, 2.24) is 0 Å². The van der Waals surface area contributed by atoms with Gasteiger partial charge in [-0.2, -0.15) is 0 Å². The predicted octanol–water partition coefficient (Wildman–Crippen LogP) is 6.34. The zero-order valence-corrected chi connectivity index (χ0v) is 20.9. The molecule has 1 amide bonds. The summed E-state index contributed by atoms with van der Waals surface area (Å²) >= 11 is 0. The summed E-state index contributed by atoms with van der Waals surface area (Å²) in [4.78, 5) is 46.0. The van der Waals surface area contributed by atoms with Crippen molar-refractivity contribution >= 4 is 34.3 Å². The average Bonchev–Trinajstić information content (AvgIpc) is 2.82. The third-order valence-corrected chi connectivity index (χ3v) is 11.3. The van der Waals surface area contributed by atoms with Gasteiger partial charge in [-0.3, -0.25) is 14.2 Å². The van der Waals surface area contributed by atoms with Crippen molar-refractivity contribution in [2.24, 2.45) is 5.92 Å². The third-order valence-electron chi connectivity index (χ3n) is 6.66. The van der Waals surface area contributed by atoms with E-state index >= 15 is 0 Å². The summed E-state index contributed by atoms with van der Waals surface area (Å²) in [6.07, 6.45) is 7.33. The van der Waals surface area contributed by atoms with Gasteiger partial charge in [0.2, 0.25) is 0 Å². The Bertz CT molecular complexity index is 1110. The molecule has 1 atom stereocenters. The maximum atomic E-state index is 14.0. The zero-order chi connectivity index (χ0) is 24.2. The van der Waals surface area contributed by atoms with Crippen LogP contribution >= 0.6 is 17.6 Å². The second-order valence-corrected chi connectivity index (χ2v) is 14.2. The summed E-state index contributed by atoms with van der Waals surface area (Å²) in [6.45, 7) is 0. The van der Waals surface area contributed by atoms with Gasteiger partial charge in [0.15, 0.2) is 5.78 Å². The minimum atomic E-state index is -4.15. The van der Waals surface area contributed by atoms with Crippen LogP contribution in [0.1, 0.15) is 49.7 Å². The maximum absolute atomic E-state index is 14.0. The van der Waals surface area contributed by atoms with Gasteiger partial charge >= 0.3 is 7.60 Å². The van der Waals surface area contributed by atoms with Gasteiger partial charge in [0.1, 0.15) is 0 Å². The lowest BCUT2D eigenvalue weighted by atomic mass is 9.88. The van der Waals surface area contributed by atoms with E-state index in [9.17, 15) is 23.9 Å². The van der Waals surface area contributed by atoms with Gasteiger partial charge in [0.05, 0.1) is 6.16 Å². The summed E-state index contributed by atoms with van der Waals surface area (Å²) in [5, 5.41) is 3.06. The molecule has 1 aliphatic carbocycles. The van der Waals surface area contributed by atoms with E-state index in [-0.39, 0.29) is 23.1 Å². The largest absolute Gasteiger partial charge is 0.329 e. The number of carbonyl (C=O) groups is 2. The SMILES string of the molecule is O=C1C=C(C2CCCCC2)S(Cc2ccccc2)(C(=O)Nc2ccc(CP(=O)(O)O)cc2)CC1. The summed E-state index contributed by atoms with van der Waals surface area (Å²) in [6, 6.07) is 16.7. The standard InChI is InChI=1S/C26H32NO5PS/c28-24-15-16-34(19-21-7-3-1-4-8-21,25(17-24)22-9-5-2-6-10-22)26(29)27-23-13-11-20(12-14-23)18-33(30,31)32/h1,3-4,7-8,11-14,17,22H,2,5-6,9-10,15-16,18-19H2,(H,27,29)(H2,30,31,32).